The highest BCUT2D eigenvalue weighted by Gasteiger charge is 2.16. The predicted molar refractivity (Wildman–Crippen MR) is 79.5 cm³/mol. The lowest BCUT2D eigenvalue weighted by molar-refractivity contribution is 0.414. The first-order valence-corrected chi connectivity index (χ1v) is 6.61. The summed E-state index contributed by atoms with van der Waals surface area (Å²) in [7, 11) is 1.50. The standard InChI is InChI=1S/C16H18F2N2O/c1-10-3-5-13(17)12(7-10)16(9-19)20-15-8-11(21-2)4-6-14(15)18/h3-8,16,20H,9,19H2,1-2H3. The Bertz CT molecular complexity index is 632. The van der Waals surface area contributed by atoms with E-state index in [-0.39, 0.29) is 18.0 Å². The molecule has 0 radical (unpaired) electrons. The molecule has 1 atom stereocenters. The molecular formula is C16H18F2N2O. The molecule has 0 amide bonds. The second-order valence-electron chi connectivity index (χ2n) is 4.80. The molecule has 5 heteroatoms. The third-order valence-corrected chi connectivity index (χ3v) is 3.27. The van der Waals surface area contributed by atoms with Crippen LogP contribution in [0.4, 0.5) is 14.5 Å². The molecule has 21 heavy (non-hydrogen) atoms. The van der Waals surface area contributed by atoms with Gasteiger partial charge in [-0.2, -0.15) is 0 Å². The number of hydrogen-bond acceptors (Lipinski definition) is 3. The summed E-state index contributed by atoms with van der Waals surface area (Å²) >= 11 is 0. The topological polar surface area (TPSA) is 47.3 Å². The smallest absolute Gasteiger partial charge is 0.146 e. The minimum atomic E-state index is -0.522. The van der Waals surface area contributed by atoms with E-state index in [1.165, 1.54) is 31.4 Å². The van der Waals surface area contributed by atoms with Crippen LogP contribution >= 0.6 is 0 Å². The molecule has 2 aromatic carbocycles. The maximum absolute atomic E-state index is 13.9. The monoisotopic (exact) mass is 292 g/mol. The van der Waals surface area contributed by atoms with Crippen LogP contribution in [0.25, 0.3) is 0 Å². The van der Waals surface area contributed by atoms with E-state index in [0.29, 0.717) is 11.3 Å². The number of hydrogen-bond donors (Lipinski definition) is 2. The molecule has 0 aromatic heterocycles. The average Bonchev–Trinajstić information content (AvgIpc) is 2.49. The van der Waals surface area contributed by atoms with E-state index in [2.05, 4.69) is 5.32 Å². The van der Waals surface area contributed by atoms with Crippen LogP contribution in [0.2, 0.25) is 0 Å². The molecule has 2 rings (SSSR count). The molecule has 1 unspecified atom stereocenters. The molecule has 112 valence electrons. The van der Waals surface area contributed by atoms with Crippen molar-refractivity contribution in [2.45, 2.75) is 13.0 Å². The molecule has 0 saturated carbocycles. The van der Waals surface area contributed by atoms with Crippen molar-refractivity contribution < 1.29 is 13.5 Å². The van der Waals surface area contributed by atoms with Crippen molar-refractivity contribution in [3.05, 3.63) is 59.2 Å². The summed E-state index contributed by atoms with van der Waals surface area (Å²) in [6, 6.07) is 8.58. The molecule has 0 fully saturated rings. The molecule has 0 saturated heterocycles. The molecule has 3 N–H and O–H groups in total. The highest BCUT2D eigenvalue weighted by atomic mass is 19.1. The first kappa shape index (κ1) is 15.3. The van der Waals surface area contributed by atoms with E-state index in [4.69, 9.17) is 10.5 Å². The number of methoxy groups -OCH3 is 1. The zero-order valence-corrected chi connectivity index (χ0v) is 12.0. The number of halogens is 2. The summed E-state index contributed by atoms with van der Waals surface area (Å²) in [6.07, 6.45) is 0. The number of benzene rings is 2. The molecule has 0 heterocycles. The van der Waals surface area contributed by atoms with Crippen molar-refractivity contribution in [2.75, 3.05) is 19.0 Å². The third-order valence-electron chi connectivity index (χ3n) is 3.27. The average molecular weight is 292 g/mol. The van der Waals surface area contributed by atoms with Gasteiger partial charge in [0, 0.05) is 18.2 Å². The normalized spacial score (nSPS) is 12.0. The number of nitrogens with two attached hydrogens (primary N) is 1. The lowest BCUT2D eigenvalue weighted by Crippen LogP contribution is -2.22. The summed E-state index contributed by atoms with van der Waals surface area (Å²) in [5.74, 6) is -0.298. The first-order valence-electron chi connectivity index (χ1n) is 6.61. The Hall–Kier alpha value is -2.14. The largest absolute Gasteiger partial charge is 0.497 e. The zero-order valence-electron chi connectivity index (χ0n) is 12.0. The number of aryl methyl sites for hydroxylation is 1. The first-order chi connectivity index (χ1) is 10.0. The Morgan fingerprint density at radius 1 is 1.14 bits per heavy atom. The van der Waals surface area contributed by atoms with Crippen molar-refractivity contribution in [1.82, 2.24) is 0 Å². The van der Waals surface area contributed by atoms with E-state index < -0.39 is 11.9 Å². The molecule has 2 aromatic rings. The summed E-state index contributed by atoms with van der Waals surface area (Å²) in [4.78, 5) is 0. The van der Waals surface area contributed by atoms with Crippen molar-refractivity contribution in [2.24, 2.45) is 5.73 Å². The van der Waals surface area contributed by atoms with Crippen molar-refractivity contribution in [1.29, 1.82) is 0 Å². The number of rotatable bonds is 5. The fourth-order valence-electron chi connectivity index (χ4n) is 2.12. The molecule has 0 aliphatic heterocycles. The van der Waals surface area contributed by atoms with Crippen LogP contribution in [0, 0.1) is 18.6 Å². The van der Waals surface area contributed by atoms with Gasteiger partial charge in [-0.1, -0.05) is 17.7 Å². The van der Waals surface area contributed by atoms with Crippen LogP contribution < -0.4 is 15.8 Å². The van der Waals surface area contributed by atoms with Gasteiger partial charge in [0.2, 0.25) is 0 Å². The van der Waals surface area contributed by atoms with Gasteiger partial charge >= 0.3 is 0 Å². The second-order valence-corrected chi connectivity index (χ2v) is 4.80. The number of ether oxygens (including phenoxy) is 1. The van der Waals surface area contributed by atoms with Crippen LogP contribution in [-0.2, 0) is 0 Å². The van der Waals surface area contributed by atoms with Gasteiger partial charge in [0.1, 0.15) is 17.4 Å². The Kier molecular flexibility index (Phi) is 4.75. The predicted octanol–water partition coefficient (Wildman–Crippen LogP) is 3.39. The molecule has 0 spiro atoms. The van der Waals surface area contributed by atoms with Crippen LogP contribution in [-0.4, -0.2) is 13.7 Å². The fraction of sp³-hybridized carbons (Fsp3) is 0.250. The van der Waals surface area contributed by atoms with Gasteiger partial charge in [0.15, 0.2) is 0 Å². The number of anilines is 1. The summed E-state index contributed by atoms with van der Waals surface area (Å²) in [6.45, 7) is 2.00. The van der Waals surface area contributed by atoms with E-state index in [9.17, 15) is 8.78 Å². The molecule has 0 bridgehead atoms. The highest BCUT2D eigenvalue weighted by molar-refractivity contribution is 5.51. The van der Waals surface area contributed by atoms with Crippen molar-refractivity contribution in [3.8, 4) is 5.75 Å². The Labute approximate surface area is 122 Å². The highest BCUT2D eigenvalue weighted by Crippen LogP contribution is 2.27. The van der Waals surface area contributed by atoms with Gasteiger partial charge in [-0.15, -0.1) is 0 Å². The Morgan fingerprint density at radius 2 is 1.86 bits per heavy atom. The van der Waals surface area contributed by atoms with Gasteiger partial charge < -0.3 is 15.8 Å². The van der Waals surface area contributed by atoms with Gasteiger partial charge in [0.25, 0.3) is 0 Å². The Morgan fingerprint density at radius 3 is 2.52 bits per heavy atom. The molecule has 3 nitrogen and oxygen atoms in total. The number of nitrogens with one attached hydrogen (secondary N) is 1. The fourth-order valence-corrected chi connectivity index (χ4v) is 2.12. The second kappa shape index (κ2) is 6.54. The molecular weight excluding hydrogens is 274 g/mol. The van der Waals surface area contributed by atoms with Gasteiger partial charge in [-0.3, -0.25) is 0 Å². The van der Waals surface area contributed by atoms with E-state index in [1.54, 1.807) is 12.1 Å². The van der Waals surface area contributed by atoms with Gasteiger partial charge in [-0.05, 0) is 25.1 Å². The van der Waals surface area contributed by atoms with E-state index in [1.807, 2.05) is 6.92 Å². The quantitative estimate of drug-likeness (QED) is 0.888. The van der Waals surface area contributed by atoms with Crippen LogP contribution in [0.15, 0.2) is 36.4 Å². The van der Waals surface area contributed by atoms with E-state index in [0.717, 1.165) is 5.56 Å². The maximum atomic E-state index is 13.9. The molecule has 0 aliphatic carbocycles. The Balaban J connectivity index is 2.33. The van der Waals surface area contributed by atoms with Crippen molar-refractivity contribution in [3.63, 3.8) is 0 Å². The van der Waals surface area contributed by atoms with Crippen LogP contribution in [0.1, 0.15) is 17.2 Å². The maximum Gasteiger partial charge on any atom is 0.146 e. The lowest BCUT2D eigenvalue weighted by atomic mass is 10.0. The summed E-state index contributed by atoms with van der Waals surface area (Å²) in [5.41, 5.74) is 7.27. The zero-order chi connectivity index (χ0) is 15.4. The summed E-state index contributed by atoms with van der Waals surface area (Å²) in [5, 5.41) is 2.94. The third kappa shape index (κ3) is 3.49. The lowest BCUT2D eigenvalue weighted by Gasteiger charge is -2.20. The van der Waals surface area contributed by atoms with Gasteiger partial charge in [-0.25, -0.2) is 8.78 Å². The van der Waals surface area contributed by atoms with Crippen LogP contribution in [0.3, 0.4) is 0 Å². The minimum Gasteiger partial charge on any atom is -0.497 e. The minimum absolute atomic E-state index is 0.136. The molecule has 0 aliphatic rings. The SMILES string of the molecule is COc1ccc(F)c(NC(CN)c2cc(C)ccc2F)c1. The van der Waals surface area contributed by atoms with E-state index >= 15 is 0 Å². The summed E-state index contributed by atoms with van der Waals surface area (Å²) < 4.78 is 32.8. The van der Waals surface area contributed by atoms with Crippen molar-refractivity contribution >= 4 is 5.69 Å². The van der Waals surface area contributed by atoms with Gasteiger partial charge in [0.05, 0.1) is 18.8 Å². The van der Waals surface area contributed by atoms with Crippen LogP contribution in [0.5, 0.6) is 5.75 Å².